The van der Waals surface area contributed by atoms with Crippen molar-refractivity contribution < 1.29 is 28.8 Å². The highest BCUT2D eigenvalue weighted by Crippen LogP contribution is 2.45. The zero-order chi connectivity index (χ0) is 25.7. The van der Waals surface area contributed by atoms with Crippen molar-refractivity contribution in [1.29, 1.82) is 0 Å². The fourth-order valence-corrected chi connectivity index (χ4v) is 4.38. The number of amides is 1. The Labute approximate surface area is 209 Å². The highest BCUT2D eigenvalue weighted by molar-refractivity contribution is 6.02. The third-order valence-electron chi connectivity index (χ3n) is 6.16. The number of aromatic nitrogens is 1. The second-order valence-corrected chi connectivity index (χ2v) is 8.21. The average molecular weight is 491 g/mol. The number of H-pyrrole nitrogens is 1. The van der Waals surface area contributed by atoms with Gasteiger partial charge >= 0.3 is 0 Å². The van der Waals surface area contributed by atoms with E-state index in [-0.39, 0.29) is 12.5 Å². The number of aromatic amines is 1. The number of benzene rings is 3. The summed E-state index contributed by atoms with van der Waals surface area (Å²) in [5, 5.41) is 14.1. The lowest BCUT2D eigenvalue weighted by atomic mass is 9.96. The molecule has 0 spiro atoms. The summed E-state index contributed by atoms with van der Waals surface area (Å²) in [6, 6.07) is 16.2. The van der Waals surface area contributed by atoms with Crippen LogP contribution in [-0.2, 0) is 6.42 Å². The molecule has 0 saturated carbocycles. The summed E-state index contributed by atoms with van der Waals surface area (Å²) >= 11 is 0. The van der Waals surface area contributed by atoms with Crippen molar-refractivity contribution in [3.05, 3.63) is 71.9 Å². The lowest BCUT2D eigenvalue weighted by molar-refractivity contribution is 0.0917. The largest absolute Gasteiger partial charge is 0.497 e. The van der Waals surface area contributed by atoms with Gasteiger partial charge in [0.1, 0.15) is 5.75 Å². The van der Waals surface area contributed by atoms with E-state index in [1.54, 1.807) is 38.5 Å². The number of fused-ring (bicyclic) bond motifs is 1. The number of para-hydroxylation sites is 1. The zero-order valence-electron chi connectivity index (χ0n) is 20.8. The highest BCUT2D eigenvalue weighted by Gasteiger charge is 2.23. The molecule has 1 heterocycles. The van der Waals surface area contributed by atoms with Gasteiger partial charge in [0.2, 0.25) is 5.75 Å². The Hall–Kier alpha value is -4.17. The van der Waals surface area contributed by atoms with Gasteiger partial charge in [0, 0.05) is 22.7 Å². The summed E-state index contributed by atoms with van der Waals surface area (Å²) in [6.45, 7) is -0.218. The monoisotopic (exact) mass is 490 g/mol. The van der Waals surface area contributed by atoms with Crippen molar-refractivity contribution in [2.24, 2.45) is 0 Å². The number of ether oxygens (including phenoxy) is 4. The fourth-order valence-electron chi connectivity index (χ4n) is 4.38. The second-order valence-electron chi connectivity index (χ2n) is 8.21. The maximum absolute atomic E-state index is 13.6. The molecule has 0 radical (unpaired) electrons. The topological polar surface area (TPSA) is 102 Å². The van der Waals surface area contributed by atoms with Crippen LogP contribution in [0.4, 0.5) is 0 Å². The van der Waals surface area contributed by atoms with Gasteiger partial charge in [0.25, 0.3) is 5.91 Å². The van der Waals surface area contributed by atoms with Gasteiger partial charge in [-0.05, 0) is 53.9 Å². The standard InChI is InChI=1S/C28H30N2O6/c1-33-19-9-10-21(22-11-12-25(34-2)27(36-4)26(22)35-3)23(14-19)28(32)30-18(16-31)13-17-15-29-24-8-6-5-7-20(17)24/h5-12,14-15,18,29,31H,13,16H2,1-4H3,(H,30,32)/t18-/m1/s1. The van der Waals surface area contributed by atoms with Crippen molar-refractivity contribution in [2.45, 2.75) is 12.5 Å². The van der Waals surface area contributed by atoms with Crippen molar-refractivity contribution in [1.82, 2.24) is 10.3 Å². The first-order valence-corrected chi connectivity index (χ1v) is 11.5. The Morgan fingerprint density at radius 2 is 1.67 bits per heavy atom. The van der Waals surface area contributed by atoms with Gasteiger partial charge in [-0.1, -0.05) is 18.2 Å². The summed E-state index contributed by atoms with van der Waals surface area (Å²) in [6.07, 6.45) is 2.37. The maximum Gasteiger partial charge on any atom is 0.252 e. The van der Waals surface area contributed by atoms with E-state index in [1.807, 2.05) is 36.5 Å². The molecular weight excluding hydrogens is 460 g/mol. The van der Waals surface area contributed by atoms with E-state index in [1.165, 1.54) is 14.2 Å². The van der Waals surface area contributed by atoms with Gasteiger partial charge in [0.15, 0.2) is 11.5 Å². The van der Waals surface area contributed by atoms with E-state index in [0.29, 0.717) is 46.1 Å². The molecule has 3 aromatic carbocycles. The highest BCUT2D eigenvalue weighted by atomic mass is 16.5. The Bertz CT molecular complexity index is 1360. The number of rotatable bonds is 10. The molecule has 0 aliphatic rings. The van der Waals surface area contributed by atoms with E-state index in [0.717, 1.165) is 16.5 Å². The summed E-state index contributed by atoms with van der Waals surface area (Å²) in [5.74, 6) is 1.55. The second kappa shape index (κ2) is 11.0. The third-order valence-corrected chi connectivity index (χ3v) is 6.16. The van der Waals surface area contributed by atoms with Crippen LogP contribution in [0.15, 0.2) is 60.8 Å². The number of nitrogens with one attached hydrogen (secondary N) is 2. The predicted octanol–water partition coefficient (Wildman–Crippen LogP) is 4.20. The molecule has 188 valence electrons. The van der Waals surface area contributed by atoms with E-state index in [2.05, 4.69) is 10.3 Å². The van der Waals surface area contributed by atoms with Crippen LogP contribution in [0.1, 0.15) is 15.9 Å². The smallest absolute Gasteiger partial charge is 0.252 e. The maximum atomic E-state index is 13.6. The number of hydrogen-bond acceptors (Lipinski definition) is 6. The Morgan fingerprint density at radius 3 is 2.36 bits per heavy atom. The molecule has 36 heavy (non-hydrogen) atoms. The predicted molar refractivity (Wildman–Crippen MR) is 138 cm³/mol. The minimum atomic E-state index is -0.497. The number of aliphatic hydroxyl groups excluding tert-OH is 1. The molecule has 8 heteroatoms. The van der Waals surface area contributed by atoms with Crippen molar-refractivity contribution in [3.8, 4) is 34.1 Å². The number of carbonyl (C=O) groups excluding carboxylic acids is 1. The molecule has 4 rings (SSSR count). The van der Waals surface area contributed by atoms with E-state index >= 15 is 0 Å². The summed E-state index contributed by atoms with van der Waals surface area (Å²) < 4.78 is 22.0. The normalized spacial score (nSPS) is 11.7. The molecule has 0 saturated heterocycles. The molecule has 0 fully saturated rings. The lowest BCUT2D eigenvalue weighted by Crippen LogP contribution is -2.39. The first kappa shape index (κ1) is 24.9. The van der Waals surface area contributed by atoms with Gasteiger partial charge in [0.05, 0.1) is 46.7 Å². The SMILES string of the molecule is COc1ccc(-c2ccc(OC)c(OC)c2OC)c(C(=O)N[C@@H](CO)Cc2c[nH]c3ccccc23)c1. The quantitative estimate of drug-likeness (QED) is 0.308. The fraction of sp³-hybridized carbons (Fsp3) is 0.250. The van der Waals surface area contributed by atoms with Crippen LogP contribution in [0.5, 0.6) is 23.0 Å². The van der Waals surface area contributed by atoms with Gasteiger partial charge in [-0.2, -0.15) is 0 Å². The molecular formula is C28H30N2O6. The summed E-state index contributed by atoms with van der Waals surface area (Å²) in [4.78, 5) is 16.8. The molecule has 0 aliphatic heterocycles. The minimum Gasteiger partial charge on any atom is -0.497 e. The van der Waals surface area contributed by atoms with Crippen LogP contribution < -0.4 is 24.3 Å². The van der Waals surface area contributed by atoms with Crippen LogP contribution in [-0.4, -0.2) is 57.1 Å². The summed E-state index contributed by atoms with van der Waals surface area (Å²) in [5.41, 5.74) is 3.66. The minimum absolute atomic E-state index is 0.218. The molecule has 0 bridgehead atoms. The van der Waals surface area contributed by atoms with Gasteiger partial charge in [-0.15, -0.1) is 0 Å². The van der Waals surface area contributed by atoms with Crippen molar-refractivity contribution in [3.63, 3.8) is 0 Å². The van der Waals surface area contributed by atoms with Crippen LogP contribution in [0, 0.1) is 0 Å². The van der Waals surface area contributed by atoms with E-state index in [9.17, 15) is 9.90 Å². The average Bonchev–Trinajstić information content (AvgIpc) is 3.33. The molecule has 0 unspecified atom stereocenters. The van der Waals surface area contributed by atoms with Crippen LogP contribution in [0.25, 0.3) is 22.0 Å². The Morgan fingerprint density at radius 1 is 0.917 bits per heavy atom. The number of carbonyl (C=O) groups is 1. The zero-order valence-corrected chi connectivity index (χ0v) is 20.8. The van der Waals surface area contributed by atoms with Crippen LogP contribution >= 0.6 is 0 Å². The molecule has 1 amide bonds. The van der Waals surface area contributed by atoms with Gasteiger partial charge in [-0.3, -0.25) is 4.79 Å². The molecule has 4 aromatic rings. The first-order chi connectivity index (χ1) is 17.5. The Balaban J connectivity index is 1.70. The Kier molecular flexibility index (Phi) is 7.65. The van der Waals surface area contributed by atoms with Crippen LogP contribution in [0.3, 0.4) is 0 Å². The third kappa shape index (κ3) is 4.81. The summed E-state index contributed by atoms with van der Waals surface area (Å²) in [7, 11) is 6.16. The van der Waals surface area contributed by atoms with E-state index in [4.69, 9.17) is 18.9 Å². The van der Waals surface area contributed by atoms with Crippen LogP contribution in [0.2, 0.25) is 0 Å². The van der Waals surface area contributed by atoms with Crippen molar-refractivity contribution in [2.75, 3.05) is 35.0 Å². The first-order valence-electron chi connectivity index (χ1n) is 11.5. The molecule has 8 nitrogen and oxygen atoms in total. The van der Waals surface area contributed by atoms with E-state index < -0.39 is 6.04 Å². The number of hydrogen-bond donors (Lipinski definition) is 3. The molecule has 1 aromatic heterocycles. The molecule has 3 N–H and O–H groups in total. The molecule has 1 atom stereocenters. The lowest BCUT2D eigenvalue weighted by Gasteiger charge is -2.20. The number of methoxy groups -OCH3 is 4. The van der Waals surface area contributed by atoms with Crippen molar-refractivity contribution >= 4 is 16.8 Å². The molecule has 0 aliphatic carbocycles. The number of aliphatic hydroxyl groups is 1. The van der Waals surface area contributed by atoms with Gasteiger partial charge in [-0.25, -0.2) is 0 Å². The van der Waals surface area contributed by atoms with Gasteiger partial charge < -0.3 is 34.4 Å².